The maximum Gasteiger partial charge on any atom is 0.243 e. The number of sulfonamides is 1. The molecule has 0 fully saturated rings. The molecule has 8 heteroatoms. The molecule has 0 bridgehead atoms. The predicted octanol–water partition coefficient (Wildman–Crippen LogP) is 4.51. The van der Waals surface area contributed by atoms with Crippen LogP contribution in [0.5, 0.6) is 5.75 Å². The Balaban J connectivity index is 1.90. The van der Waals surface area contributed by atoms with Gasteiger partial charge in [0, 0.05) is 24.3 Å². The molecule has 0 aliphatic rings. The lowest BCUT2D eigenvalue weighted by Crippen LogP contribution is -2.41. The van der Waals surface area contributed by atoms with Gasteiger partial charge in [0.25, 0.3) is 0 Å². The number of carbonyl (C=O) groups is 1. The topological polar surface area (TPSA) is 66.9 Å². The largest absolute Gasteiger partial charge is 0.497 e. The van der Waals surface area contributed by atoms with Crippen molar-refractivity contribution in [3.63, 3.8) is 0 Å². The van der Waals surface area contributed by atoms with E-state index >= 15 is 0 Å². The average molecular weight is 473 g/mol. The highest BCUT2D eigenvalue weighted by Crippen LogP contribution is 2.23. The molecule has 0 aliphatic heterocycles. The molecule has 6 nitrogen and oxygen atoms in total. The van der Waals surface area contributed by atoms with Gasteiger partial charge in [-0.1, -0.05) is 41.4 Å². The van der Waals surface area contributed by atoms with Crippen molar-refractivity contribution in [2.45, 2.75) is 18.4 Å². The number of anilines is 1. The van der Waals surface area contributed by atoms with E-state index in [0.717, 1.165) is 11.1 Å². The molecule has 0 unspecified atom stereocenters. The number of hydrogen-bond donors (Lipinski definition) is 0. The first-order valence-electron chi connectivity index (χ1n) is 9.92. The summed E-state index contributed by atoms with van der Waals surface area (Å²) in [6.07, 6.45) is 0. The number of hydrogen-bond acceptors (Lipinski definition) is 4. The number of likely N-dealkylation sites (N-methyl/N-ethyl adjacent to an activating group) is 1. The van der Waals surface area contributed by atoms with E-state index in [-0.39, 0.29) is 23.9 Å². The Morgan fingerprint density at radius 3 is 2.25 bits per heavy atom. The molecular formula is C24H25ClN2O4S. The fraction of sp³-hybridized carbons (Fsp3) is 0.208. The number of rotatable bonds is 8. The van der Waals surface area contributed by atoms with Crippen LogP contribution in [0, 0.1) is 6.92 Å². The van der Waals surface area contributed by atoms with Gasteiger partial charge in [-0.3, -0.25) is 4.79 Å². The zero-order chi connectivity index (χ0) is 23.3. The number of ether oxygens (including phenoxy) is 1. The molecule has 0 heterocycles. The molecule has 32 heavy (non-hydrogen) atoms. The molecule has 3 aromatic rings. The zero-order valence-corrected chi connectivity index (χ0v) is 19.7. The summed E-state index contributed by atoms with van der Waals surface area (Å²) in [5.74, 6) is 0.307. The van der Waals surface area contributed by atoms with E-state index in [9.17, 15) is 13.2 Å². The van der Waals surface area contributed by atoms with Crippen LogP contribution in [0.3, 0.4) is 0 Å². The standard InChI is InChI=1S/C24H25ClN2O4S/c1-18-5-4-6-19(15-18)16-27(32(29,30)23-13-7-20(25)8-14-23)17-24(28)26(2)21-9-11-22(31-3)12-10-21/h4-15H,16-17H2,1-3H3. The number of benzene rings is 3. The van der Waals surface area contributed by atoms with Gasteiger partial charge in [0.1, 0.15) is 5.75 Å². The van der Waals surface area contributed by atoms with E-state index in [1.54, 1.807) is 38.4 Å². The van der Waals surface area contributed by atoms with E-state index < -0.39 is 10.0 Å². The molecule has 3 aromatic carbocycles. The van der Waals surface area contributed by atoms with Crippen molar-refractivity contribution < 1.29 is 17.9 Å². The summed E-state index contributed by atoms with van der Waals surface area (Å²) in [5.41, 5.74) is 2.44. The van der Waals surface area contributed by atoms with Crippen molar-refractivity contribution in [3.8, 4) is 5.75 Å². The van der Waals surface area contributed by atoms with Crippen LogP contribution in [0.15, 0.2) is 77.7 Å². The lowest BCUT2D eigenvalue weighted by atomic mass is 10.1. The lowest BCUT2D eigenvalue weighted by molar-refractivity contribution is -0.118. The summed E-state index contributed by atoms with van der Waals surface area (Å²) in [6, 6.07) is 20.4. The van der Waals surface area contributed by atoms with Gasteiger partial charge in [-0.05, 0) is 61.0 Å². The Morgan fingerprint density at radius 1 is 1.00 bits per heavy atom. The third-order valence-electron chi connectivity index (χ3n) is 5.04. The molecule has 0 atom stereocenters. The second-order valence-electron chi connectivity index (χ2n) is 7.37. The summed E-state index contributed by atoms with van der Waals surface area (Å²) >= 11 is 5.93. The predicted molar refractivity (Wildman–Crippen MR) is 127 cm³/mol. The molecule has 0 saturated heterocycles. The molecule has 168 valence electrons. The number of aryl methyl sites for hydroxylation is 1. The SMILES string of the molecule is COc1ccc(N(C)C(=O)CN(Cc2cccc(C)c2)S(=O)(=O)c2ccc(Cl)cc2)cc1. The van der Waals surface area contributed by atoms with Crippen LogP contribution in [0.1, 0.15) is 11.1 Å². The summed E-state index contributed by atoms with van der Waals surface area (Å²) in [5, 5.41) is 0.435. The lowest BCUT2D eigenvalue weighted by Gasteiger charge is -2.25. The molecular weight excluding hydrogens is 448 g/mol. The molecule has 1 amide bonds. The van der Waals surface area contributed by atoms with Gasteiger partial charge in [-0.25, -0.2) is 8.42 Å². The molecule has 0 aliphatic carbocycles. The van der Waals surface area contributed by atoms with Crippen LogP contribution in [0.4, 0.5) is 5.69 Å². The van der Waals surface area contributed by atoms with E-state index in [2.05, 4.69) is 0 Å². The Labute approximate surface area is 194 Å². The number of methoxy groups -OCH3 is 1. The Morgan fingerprint density at radius 2 is 1.66 bits per heavy atom. The van der Waals surface area contributed by atoms with E-state index in [4.69, 9.17) is 16.3 Å². The van der Waals surface area contributed by atoms with Crippen LogP contribution in [0.25, 0.3) is 0 Å². The molecule has 0 aromatic heterocycles. The van der Waals surface area contributed by atoms with Crippen molar-refractivity contribution in [2.75, 3.05) is 25.6 Å². The number of amides is 1. The third-order valence-corrected chi connectivity index (χ3v) is 7.10. The summed E-state index contributed by atoms with van der Waals surface area (Å²) < 4.78 is 33.2. The van der Waals surface area contributed by atoms with Crippen LogP contribution in [0.2, 0.25) is 5.02 Å². The van der Waals surface area contributed by atoms with Gasteiger partial charge in [-0.2, -0.15) is 4.31 Å². The molecule has 3 rings (SSSR count). The highest BCUT2D eigenvalue weighted by Gasteiger charge is 2.28. The summed E-state index contributed by atoms with van der Waals surface area (Å²) in [6.45, 7) is 1.68. The maximum absolute atomic E-state index is 13.4. The van der Waals surface area contributed by atoms with Gasteiger partial charge < -0.3 is 9.64 Å². The fourth-order valence-corrected chi connectivity index (χ4v) is 4.71. The highest BCUT2D eigenvalue weighted by molar-refractivity contribution is 7.89. The zero-order valence-electron chi connectivity index (χ0n) is 18.2. The Bertz CT molecular complexity index is 1180. The minimum Gasteiger partial charge on any atom is -0.497 e. The smallest absolute Gasteiger partial charge is 0.243 e. The molecule has 0 spiro atoms. The number of carbonyl (C=O) groups excluding carboxylic acids is 1. The fourth-order valence-electron chi connectivity index (χ4n) is 3.20. The second-order valence-corrected chi connectivity index (χ2v) is 9.74. The Hall–Kier alpha value is -2.87. The van der Waals surface area contributed by atoms with Gasteiger partial charge in [-0.15, -0.1) is 0 Å². The van der Waals surface area contributed by atoms with Crippen molar-refractivity contribution in [2.24, 2.45) is 0 Å². The summed E-state index contributed by atoms with van der Waals surface area (Å²) in [4.78, 5) is 14.6. The van der Waals surface area contributed by atoms with Crippen molar-refractivity contribution in [3.05, 3.63) is 88.9 Å². The van der Waals surface area contributed by atoms with Crippen LogP contribution in [-0.2, 0) is 21.4 Å². The first-order valence-corrected chi connectivity index (χ1v) is 11.7. The van der Waals surface area contributed by atoms with Gasteiger partial charge in [0.2, 0.25) is 15.9 Å². The van der Waals surface area contributed by atoms with Crippen LogP contribution < -0.4 is 9.64 Å². The highest BCUT2D eigenvalue weighted by atomic mass is 35.5. The normalized spacial score (nSPS) is 11.4. The molecule has 0 N–H and O–H groups in total. The average Bonchev–Trinajstić information content (AvgIpc) is 2.78. The van der Waals surface area contributed by atoms with Crippen molar-refractivity contribution in [1.29, 1.82) is 0 Å². The maximum atomic E-state index is 13.4. The number of nitrogens with zero attached hydrogens (tertiary/aromatic N) is 2. The van der Waals surface area contributed by atoms with Crippen LogP contribution in [-0.4, -0.2) is 39.3 Å². The first-order chi connectivity index (χ1) is 15.2. The van der Waals surface area contributed by atoms with E-state index in [1.165, 1.54) is 33.5 Å². The summed E-state index contributed by atoms with van der Waals surface area (Å²) in [7, 11) is -0.764. The monoisotopic (exact) mass is 472 g/mol. The molecule has 0 saturated carbocycles. The number of halogens is 1. The minimum atomic E-state index is -3.94. The van der Waals surface area contributed by atoms with Gasteiger partial charge >= 0.3 is 0 Å². The Kier molecular flexibility index (Phi) is 7.56. The van der Waals surface area contributed by atoms with E-state index in [0.29, 0.717) is 16.5 Å². The van der Waals surface area contributed by atoms with Crippen molar-refractivity contribution >= 4 is 33.2 Å². The van der Waals surface area contributed by atoms with Gasteiger partial charge in [0.15, 0.2) is 0 Å². The molecule has 0 radical (unpaired) electrons. The van der Waals surface area contributed by atoms with Gasteiger partial charge in [0.05, 0.1) is 18.6 Å². The quantitative estimate of drug-likeness (QED) is 0.483. The minimum absolute atomic E-state index is 0.0643. The van der Waals surface area contributed by atoms with Crippen molar-refractivity contribution in [1.82, 2.24) is 4.31 Å². The first kappa shape index (κ1) is 23.8. The van der Waals surface area contributed by atoms with Crippen LogP contribution >= 0.6 is 11.6 Å². The third kappa shape index (κ3) is 5.68. The van der Waals surface area contributed by atoms with E-state index in [1.807, 2.05) is 31.2 Å². The second kappa shape index (κ2) is 10.2.